The Kier molecular flexibility index (Phi) is 4.65. The molecule has 30 heavy (non-hydrogen) atoms. The van der Waals surface area contributed by atoms with Gasteiger partial charge in [0.2, 0.25) is 0 Å². The molecule has 0 fully saturated rings. The summed E-state index contributed by atoms with van der Waals surface area (Å²) in [5.41, 5.74) is 2.12. The van der Waals surface area contributed by atoms with Crippen LogP contribution in [0.1, 0.15) is 5.56 Å². The van der Waals surface area contributed by atoms with Crippen molar-refractivity contribution in [3.8, 4) is 11.4 Å². The third-order valence-electron chi connectivity index (χ3n) is 4.59. The molecular weight excluding hydrogens is 424 g/mol. The number of rotatable bonds is 4. The predicted octanol–water partition coefficient (Wildman–Crippen LogP) is 4.57. The Morgan fingerprint density at radius 1 is 1.10 bits per heavy atom. The fourth-order valence-corrected chi connectivity index (χ4v) is 4.31. The van der Waals surface area contributed by atoms with Crippen LogP contribution in [0.15, 0.2) is 75.3 Å². The van der Waals surface area contributed by atoms with E-state index in [1.807, 2.05) is 30.3 Å². The van der Waals surface area contributed by atoms with Gasteiger partial charge in [0.05, 0.1) is 22.3 Å². The first-order chi connectivity index (χ1) is 14.6. The minimum atomic E-state index is -0.496. The van der Waals surface area contributed by atoms with Crippen molar-refractivity contribution in [1.29, 1.82) is 0 Å². The topological polar surface area (TPSA) is 94.0 Å². The number of hydrogen-bond acceptors (Lipinski definition) is 7. The largest absolute Gasteiger partial charge is 0.506 e. The molecule has 2 aromatic carbocycles. The fourth-order valence-electron chi connectivity index (χ4n) is 3.20. The predicted molar refractivity (Wildman–Crippen MR) is 115 cm³/mol. The molecule has 0 radical (unpaired) electrons. The van der Waals surface area contributed by atoms with Crippen molar-refractivity contribution in [2.75, 3.05) is 0 Å². The lowest BCUT2D eigenvalue weighted by Gasteiger charge is -2.07. The number of thioether (sulfide) groups is 1. The van der Waals surface area contributed by atoms with Crippen LogP contribution in [0.2, 0.25) is 5.02 Å². The van der Waals surface area contributed by atoms with E-state index in [-0.39, 0.29) is 16.4 Å². The number of hydrogen-bond donors (Lipinski definition) is 1. The number of fused-ring (bicyclic) bond motifs is 2. The van der Waals surface area contributed by atoms with Gasteiger partial charge in [0, 0.05) is 23.3 Å². The number of aromatic hydroxyl groups is 1. The van der Waals surface area contributed by atoms with Crippen molar-refractivity contribution in [3.05, 3.63) is 82.1 Å². The molecule has 148 valence electrons. The molecule has 3 heterocycles. The molecule has 0 aliphatic carbocycles. The van der Waals surface area contributed by atoms with Crippen molar-refractivity contribution < 1.29 is 9.52 Å². The number of benzene rings is 2. The quantitative estimate of drug-likeness (QED) is 0.250. The maximum absolute atomic E-state index is 12.0. The van der Waals surface area contributed by atoms with Gasteiger partial charge < -0.3 is 9.52 Å². The van der Waals surface area contributed by atoms with Crippen LogP contribution in [0.3, 0.4) is 0 Å². The zero-order chi connectivity index (χ0) is 20.7. The molecule has 0 aliphatic heterocycles. The summed E-state index contributed by atoms with van der Waals surface area (Å²) in [6.07, 6.45) is 3.23. The van der Waals surface area contributed by atoms with Crippen LogP contribution in [0.5, 0.6) is 5.75 Å². The Labute approximate surface area is 179 Å². The van der Waals surface area contributed by atoms with Gasteiger partial charge in [-0.15, -0.1) is 11.8 Å². The highest BCUT2D eigenvalue weighted by atomic mass is 35.5. The summed E-state index contributed by atoms with van der Waals surface area (Å²) in [5, 5.41) is 16.7. The van der Waals surface area contributed by atoms with E-state index in [2.05, 4.69) is 15.1 Å². The first-order valence-electron chi connectivity index (χ1n) is 8.92. The summed E-state index contributed by atoms with van der Waals surface area (Å²) in [7, 11) is 0. The number of phenolic OH excluding ortho intramolecular Hbond substituents is 1. The Morgan fingerprint density at radius 3 is 2.77 bits per heavy atom. The molecular formula is C21H13ClN4O3S. The summed E-state index contributed by atoms with van der Waals surface area (Å²) in [4.78, 5) is 20.7. The standard InChI is InChI=1S/C21H13ClN4O3S/c22-16-7-14-12(6-19(28)29-18(14)8-17(16)27)10-30-21-15-9-25-26(20(15)23-11-24-21)13-4-2-1-3-5-13/h1-9,11,27H,10H2. The van der Waals surface area contributed by atoms with Crippen LogP contribution in [-0.4, -0.2) is 24.9 Å². The molecule has 0 unspecified atom stereocenters. The summed E-state index contributed by atoms with van der Waals surface area (Å²) in [6.45, 7) is 0. The van der Waals surface area contributed by atoms with Crippen molar-refractivity contribution in [2.24, 2.45) is 0 Å². The van der Waals surface area contributed by atoms with Crippen LogP contribution >= 0.6 is 23.4 Å². The third-order valence-corrected chi connectivity index (χ3v) is 5.95. The van der Waals surface area contributed by atoms with Gasteiger partial charge in [0.25, 0.3) is 0 Å². The Hall–Kier alpha value is -3.36. The highest BCUT2D eigenvalue weighted by Gasteiger charge is 2.14. The Bertz CT molecular complexity index is 1450. The molecule has 7 nitrogen and oxygen atoms in total. The van der Waals surface area contributed by atoms with Crippen molar-refractivity contribution in [3.63, 3.8) is 0 Å². The van der Waals surface area contributed by atoms with Crippen molar-refractivity contribution in [1.82, 2.24) is 19.7 Å². The van der Waals surface area contributed by atoms with Crippen LogP contribution in [0.4, 0.5) is 0 Å². The van der Waals surface area contributed by atoms with E-state index in [1.165, 1.54) is 30.2 Å². The summed E-state index contributed by atoms with van der Waals surface area (Å²) >= 11 is 7.50. The number of para-hydroxylation sites is 1. The molecule has 0 bridgehead atoms. The van der Waals surface area contributed by atoms with Gasteiger partial charge in [0.1, 0.15) is 22.7 Å². The zero-order valence-corrected chi connectivity index (χ0v) is 16.9. The van der Waals surface area contributed by atoms with Gasteiger partial charge >= 0.3 is 5.63 Å². The number of halogens is 1. The zero-order valence-electron chi connectivity index (χ0n) is 15.3. The van der Waals surface area contributed by atoms with Crippen LogP contribution in [0, 0.1) is 0 Å². The average molecular weight is 437 g/mol. The molecule has 5 aromatic rings. The molecule has 9 heteroatoms. The maximum Gasteiger partial charge on any atom is 0.336 e. The molecule has 5 rings (SSSR count). The second kappa shape index (κ2) is 7.47. The lowest BCUT2D eigenvalue weighted by molar-refractivity contribution is 0.473. The lowest BCUT2D eigenvalue weighted by atomic mass is 10.1. The minimum absolute atomic E-state index is 0.136. The second-order valence-electron chi connectivity index (χ2n) is 6.49. The monoisotopic (exact) mass is 436 g/mol. The number of nitrogens with zero attached hydrogens (tertiary/aromatic N) is 4. The fraction of sp³-hybridized carbons (Fsp3) is 0.0476. The molecule has 0 saturated heterocycles. The van der Waals surface area contributed by atoms with Crippen LogP contribution < -0.4 is 5.63 Å². The summed E-state index contributed by atoms with van der Waals surface area (Å²) in [6, 6.07) is 14.1. The maximum atomic E-state index is 12.0. The van der Waals surface area contributed by atoms with Crippen molar-refractivity contribution >= 4 is 45.4 Å². The van der Waals surface area contributed by atoms with Gasteiger partial charge in [-0.25, -0.2) is 19.4 Å². The van der Waals surface area contributed by atoms with E-state index in [1.54, 1.807) is 16.9 Å². The van der Waals surface area contributed by atoms with Gasteiger partial charge in [-0.1, -0.05) is 29.8 Å². The molecule has 0 saturated carbocycles. The van der Waals surface area contributed by atoms with Crippen molar-refractivity contribution in [2.45, 2.75) is 10.8 Å². The van der Waals surface area contributed by atoms with E-state index in [9.17, 15) is 9.90 Å². The average Bonchev–Trinajstić information content (AvgIpc) is 3.19. The Balaban J connectivity index is 1.53. The normalized spacial score (nSPS) is 11.4. The molecule has 0 amide bonds. The highest BCUT2D eigenvalue weighted by molar-refractivity contribution is 7.98. The SMILES string of the molecule is O=c1cc(CSc2ncnc3c2cnn3-c2ccccc2)c2cc(Cl)c(O)cc2o1. The lowest BCUT2D eigenvalue weighted by Crippen LogP contribution is -2.00. The Morgan fingerprint density at radius 2 is 1.93 bits per heavy atom. The van der Waals surface area contributed by atoms with Gasteiger partial charge in [-0.2, -0.15) is 5.10 Å². The smallest absolute Gasteiger partial charge is 0.336 e. The minimum Gasteiger partial charge on any atom is -0.506 e. The molecule has 3 aromatic heterocycles. The van der Waals surface area contributed by atoms with E-state index in [0.717, 1.165) is 21.7 Å². The van der Waals surface area contributed by atoms with Crippen LogP contribution in [0.25, 0.3) is 27.7 Å². The van der Waals surface area contributed by atoms with Crippen LogP contribution in [-0.2, 0) is 5.75 Å². The molecule has 0 spiro atoms. The van der Waals surface area contributed by atoms with Gasteiger partial charge in [0.15, 0.2) is 5.65 Å². The second-order valence-corrected chi connectivity index (χ2v) is 7.86. The molecule has 0 aliphatic rings. The van der Waals surface area contributed by atoms with E-state index < -0.39 is 5.63 Å². The highest BCUT2D eigenvalue weighted by Crippen LogP contribution is 2.33. The van der Waals surface area contributed by atoms with E-state index >= 15 is 0 Å². The molecule has 0 atom stereocenters. The third kappa shape index (κ3) is 3.30. The number of phenols is 1. The first-order valence-corrected chi connectivity index (χ1v) is 10.3. The van der Waals surface area contributed by atoms with E-state index in [0.29, 0.717) is 16.8 Å². The van der Waals surface area contributed by atoms with E-state index in [4.69, 9.17) is 16.0 Å². The first kappa shape index (κ1) is 18.7. The molecule has 1 N–H and O–H groups in total. The van der Waals surface area contributed by atoms with Gasteiger partial charge in [-0.3, -0.25) is 0 Å². The number of aromatic nitrogens is 4. The van der Waals surface area contributed by atoms with Gasteiger partial charge in [-0.05, 0) is 23.8 Å². The summed E-state index contributed by atoms with van der Waals surface area (Å²) < 4.78 is 6.95. The summed E-state index contributed by atoms with van der Waals surface area (Å²) in [5.74, 6) is 0.314.